The monoisotopic (exact) mass is 296 g/mol. The van der Waals surface area contributed by atoms with Gasteiger partial charge < -0.3 is 14.5 Å². The summed E-state index contributed by atoms with van der Waals surface area (Å²) < 4.78 is 10.3. The first-order valence-electron chi connectivity index (χ1n) is 7.02. The fourth-order valence-corrected chi connectivity index (χ4v) is 2.44. The summed E-state index contributed by atoms with van der Waals surface area (Å²) in [4.78, 5) is 19.6. The van der Waals surface area contributed by atoms with E-state index in [1.165, 1.54) is 0 Å². The van der Waals surface area contributed by atoms with Crippen LogP contribution in [0.2, 0.25) is 0 Å². The lowest BCUT2D eigenvalue weighted by atomic mass is 10.0. The lowest BCUT2D eigenvalue weighted by Gasteiger charge is -2.06. The van der Waals surface area contributed by atoms with Crippen LogP contribution >= 0.6 is 0 Å². The highest BCUT2D eigenvalue weighted by Gasteiger charge is 2.20. The number of pyridine rings is 1. The van der Waals surface area contributed by atoms with Crippen LogP contribution in [0.15, 0.2) is 42.6 Å². The van der Waals surface area contributed by atoms with Gasteiger partial charge in [-0.1, -0.05) is 12.1 Å². The van der Waals surface area contributed by atoms with Crippen molar-refractivity contribution in [2.45, 2.75) is 6.92 Å². The number of hydrogen-bond acceptors (Lipinski definition) is 4. The van der Waals surface area contributed by atoms with Gasteiger partial charge in [-0.05, 0) is 36.8 Å². The molecule has 112 valence electrons. The highest BCUT2D eigenvalue weighted by atomic mass is 16.5. The van der Waals surface area contributed by atoms with E-state index in [9.17, 15) is 4.79 Å². The third-order valence-electron chi connectivity index (χ3n) is 3.43. The van der Waals surface area contributed by atoms with Crippen molar-refractivity contribution in [3.8, 4) is 16.9 Å². The number of esters is 1. The fraction of sp³-hybridized carbons (Fsp3) is 0.176. The van der Waals surface area contributed by atoms with Crippen LogP contribution in [0, 0.1) is 0 Å². The summed E-state index contributed by atoms with van der Waals surface area (Å²) in [5.41, 5.74) is 2.78. The first-order valence-corrected chi connectivity index (χ1v) is 7.02. The Morgan fingerprint density at radius 2 is 2.00 bits per heavy atom. The van der Waals surface area contributed by atoms with Crippen molar-refractivity contribution >= 4 is 17.0 Å². The maximum atomic E-state index is 12.2. The lowest BCUT2D eigenvalue weighted by Crippen LogP contribution is -2.06. The number of nitrogens with one attached hydrogen (secondary N) is 1. The second-order valence-electron chi connectivity index (χ2n) is 4.72. The van der Waals surface area contributed by atoms with Crippen LogP contribution < -0.4 is 4.74 Å². The lowest BCUT2D eigenvalue weighted by molar-refractivity contribution is 0.0521. The van der Waals surface area contributed by atoms with Gasteiger partial charge in [-0.15, -0.1) is 0 Å². The molecule has 0 spiro atoms. The van der Waals surface area contributed by atoms with Crippen LogP contribution in [0.1, 0.15) is 17.4 Å². The minimum Gasteiger partial charge on any atom is -0.497 e. The number of ether oxygens (including phenoxy) is 2. The van der Waals surface area contributed by atoms with Crippen LogP contribution in [0.5, 0.6) is 5.75 Å². The molecule has 0 amide bonds. The third kappa shape index (κ3) is 2.41. The zero-order chi connectivity index (χ0) is 15.5. The van der Waals surface area contributed by atoms with Crippen molar-refractivity contribution in [3.63, 3.8) is 0 Å². The molecular formula is C17H16N2O3. The molecule has 0 aliphatic rings. The van der Waals surface area contributed by atoms with Gasteiger partial charge in [-0.25, -0.2) is 9.78 Å². The van der Waals surface area contributed by atoms with E-state index in [0.717, 1.165) is 22.3 Å². The zero-order valence-electron chi connectivity index (χ0n) is 12.4. The number of aromatic nitrogens is 2. The molecule has 0 saturated heterocycles. The number of aromatic amines is 1. The molecule has 2 heterocycles. The maximum absolute atomic E-state index is 12.2. The van der Waals surface area contributed by atoms with Crippen molar-refractivity contribution in [3.05, 3.63) is 48.3 Å². The van der Waals surface area contributed by atoms with Crippen molar-refractivity contribution in [1.29, 1.82) is 0 Å². The van der Waals surface area contributed by atoms with Gasteiger partial charge in [0.05, 0.1) is 13.7 Å². The molecule has 22 heavy (non-hydrogen) atoms. The van der Waals surface area contributed by atoms with Gasteiger partial charge in [0.1, 0.15) is 17.1 Å². The summed E-state index contributed by atoms with van der Waals surface area (Å²) in [7, 11) is 1.62. The largest absolute Gasteiger partial charge is 0.497 e. The summed E-state index contributed by atoms with van der Waals surface area (Å²) in [6, 6.07) is 11.3. The Morgan fingerprint density at radius 3 is 2.68 bits per heavy atom. The third-order valence-corrected chi connectivity index (χ3v) is 3.43. The number of nitrogens with zero attached hydrogens (tertiary/aromatic N) is 1. The molecule has 5 heteroatoms. The summed E-state index contributed by atoms with van der Waals surface area (Å²) in [5, 5.41) is 0.885. The van der Waals surface area contributed by atoms with Crippen molar-refractivity contribution < 1.29 is 14.3 Å². The molecule has 1 aromatic carbocycles. The molecule has 0 aliphatic heterocycles. The number of benzene rings is 1. The molecule has 0 radical (unpaired) electrons. The Morgan fingerprint density at radius 1 is 1.23 bits per heavy atom. The average molecular weight is 296 g/mol. The van der Waals surface area contributed by atoms with E-state index in [2.05, 4.69) is 9.97 Å². The normalized spacial score (nSPS) is 10.6. The van der Waals surface area contributed by atoms with Gasteiger partial charge in [0.2, 0.25) is 0 Å². The molecule has 1 N–H and O–H groups in total. The van der Waals surface area contributed by atoms with E-state index in [4.69, 9.17) is 9.47 Å². The van der Waals surface area contributed by atoms with E-state index in [0.29, 0.717) is 17.9 Å². The topological polar surface area (TPSA) is 64.2 Å². The average Bonchev–Trinajstić information content (AvgIpc) is 2.95. The Labute approximate surface area is 127 Å². The second-order valence-corrected chi connectivity index (χ2v) is 4.72. The molecule has 0 atom stereocenters. The molecule has 0 unspecified atom stereocenters. The quantitative estimate of drug-likeness (QED) is 0.749. The minimum atomic E-state index is -0.383. The molecule has 2 aromatic heterocycles. The van der Waals surface area contributed by atoms with Gasteiger partial charge in [0, 0.05) is 17.1 Å². The van der Waals surface area contributed by atoms with E-state index >= 15 is 0 Å². The number of H-pyrrole nitrogens is 1. The van der Waals surface area contributed by atoms with Gasteiger partial charge in [-0.3, -0.25) is 0 Å². The molecule has 0 saturated carbocycles. The van der Waals surface area contributed by atoms with Crippen molar-refractivity contribution in [1.82, 2.24) is 9.97 Å². The number of carbonyl (C=O) groups is 1. The summed E-state index contributed by atoms with van der Waals surface area (Å²) >= 11 is 0. The highest BCUT2D eigenvalue weighted by molar-refractivity contribution is 6.07. The van der Waals surface area contributed by atoms with E-state index < -0.39 is 0 Å². The van der Waals surface area contributed by atoms with Crippen LogP contribution in [0.3, 0.4) is 0 Å². The van der Waals surface area contributed by atoms with Crippen LogP contribution in [0.4, 0.5) is 0 Å². The number of fused-ring (bicyclic) bond motifs is 1. The van der Waals surface area contributed by atoms with Crippen LogP contribution in [-0.4, -0.2) is 29.7 Å². The maximum Gasteiger partial charge on any atom is 0.355 e. The predicted octanol–water partition coefficient (Wildman–Crippen LogP) is 3.42. The number of rotatable bonds is 4. The van der Waals surface area contributed by atoms with E-state index in [1.54, 1.807) is 20.2 Å². The number of carbonyl (C=O) groups excluding carboxylic acids is 1. The standard InChI is InChI=1S/C17H16N2O3/c1-3-22-17(20)15-14(11-6-8-12(21-2)9-7-11)13-5-4-10-18-16(13)19-15/h4-10H,3H2,1-2H3,(H,18,19). The van der Waals surface area contributed by atoms with Crippen LogP contribution in [-0.2, 0) is 4.74 Å². The minimum absolute atomic E-state index is 0.323. The summed E-state index contributed by atoms with van der Waals surface area (Å²) in [5.74, 6) is 0.380. The van der Waals surface area contributed by atoms with Gasteiger partial charge in [0.25, 0.3) is 0 Å². The first-order chi connectivity index (χ1) is 10.7. The highest BCUT2D eigenvalue weighted by Crippen LogP contribution is 2.33. The molecular weight excluding hydrogens is 280 g/mol. The fourth-order valence-electron chi connectivity index (χ4n) is 2.44. The Balaban J connectivity index is 2.20. The van der Waals surface area contributed by atoms with Crippen molar-refractivity contribution in [2.24, 2.45) is 0 Å². The Bertz CT molecular complexity index is 806. The van der Waals surface area contributed by atoms with Gasteiger partial charge >= 0.3 is 5.97 Å². The molecule has 0 fully saturated rings. The predicted molar refractivity (Wildman–Crippen MR) is 84.0 cm³/mol. The molecule has 0 bridgehead atoms. The van der Waals surface area contributed by atoms with E-state index in [1.807, 2.05) is 36.4 Å². The summed E-state index contributed by atoms with van der Waals surface area (Å²) in [6.45, 7) is 2.11. The van der Waals surface area contributed by atoms with Crippen LogP contribution in [0.25, 0.3) is 22.2 Å². The Hall–Kier alpha value is -2.82. The second kappa shape index (κ2) is 5.89. The van der Waals surface area contributed by atoms with E-state index in [-0.39, 0.29) is 5.97 Å². The molecule has 3 aromatic rings. The number of hydrogen-bond donors (Lipinski definition) is 1. The first kappa shape index (κ1) is 14.1. The molecule has 0 aliphatic carbocycles. The van der Waals surface area contributed by atoms with Crippen molar-refractivity contribution in [2.75, 3.05) is 13.7 Å². The smallest absolute Gasteiger partial charge is 0.355 e. The molecule has 3 rings (SSSR count). The molecule has 5 nitrogen and oxygen atoms in total. The number of methoxy groups -OCH3 is 1. The Kier molecular flexibility index (Phi) is 3.78. The SMILES string of the molecule is CCOC(=O)c1[nH]c2ncccc2c1-c1ccc(OC)cc1. The summed E-state index contributed by atoms with van der Waals surface area (Å²) in [6.07, 6.45) is 1.69. The van der Waals surface area contributed by atoms with Gasteiger partial charge in [-0.2, -0.15) is 0 Å². The van der Waals surface area contributed by atoms with Gasteiger partial charge in [0.15, 0.2) is 0 Å². The zero-order valence-corrected chi connectivity index (χ0v) is 12.4.